The summed E-state index contributed by atoms with van der Waals surface area (Å²) in [6.45, 7) is 1.92. The highest BCUT2D eigenvalue weighted by Gasteiger charge is 2.48. The predicted octanol–water partition coefficient (Wildman–Crippen LogP) is 5.29. The number of hydrogen-bond donors (Lipinski definition) is 1. The van der Waals surface area contributed by atoms with Gasteiger partial charge in [0.15, 0.2) is 5.13 Å². The van der Waals surface area contributed by atoms with Gasteiger partial charge in [0.1, 0.15) is 23.4 Å². The molecule has 4 aromatic rings. The van der Waals surface area contributed by atoms with Gasteiger partial charge in [-0.05, 0) is 66.6 Å². The van der Waals surface area contributed by atoms with Crippen molar-refractivity contribution in [2.75, 3.05) is 4.90 Å². The van der Waals surface area contributed by atoms with Crippen molar-refractivity contribution in [2.45, 2.75) is 25.5 Å². The molecule has 1 aromatic heterocycles. The van der Waals surface area contributed by atoms with E-state index in [1.54, 1.807) is 18.2 Å². The number of carbonyl (C=O) groups excluding carboxylic acids is 2. The molecular weight excluding hydrogens is 513 g/mol. The number of halogens is 1. The molecule has 6 rings (SSSR count). The summed E-state index contributed by atoms with van der Waals surface area (Å²) in [6, 6.07) is 13.3. The predicted molar refractivity (Wildman–Crippen MR) is 138 cm³/mol. The largest absolute Gasteiger partial charge is 0.507 e. The first-order valence-corrected chi connectivity index (χ1v) is 12.4. The molecule has 0 unspecified atom stereocenters. The normalized spacial score (nSPS) is 20.1. The van der Waals surface area contributed by atoms with E-state index in [0.717, 1.165) is 21.8 Å². The molecule has 3 heterocycles. The van der Waals surface area contributed by atoms with Gasteiger partial charge >= 0.3 is 5.91 Å². The van der Waals surface area contributed by atoms with Gasteiger partial charge in [-0.1, -0.05) is 11.3 Å². The number of aliphatic hydroxyl groups is 1. The smallest absolute Gasteiger partial charge is 0.301 e. The Morgan fingerprint density at radius 3 is 2.66 bits per heavy atom. The number of amides is 1. The number of ether oxygens (including phenoxy) is 1. The molecule has 0 spiro atoms. The van der Waals surface area contributed by atoms with Crippen LogP contribution in [-0.2, 0) is 16.0 Å². The van der Waals surface area contributed by atoms with E-state index in [9.17, 15) is 29.2 Å². The molecule has 0 radical (unpaired) electrons. The first-order valence-electron chi connectivity index (χ1n) is 11.6. The van der Waals surface area contributed by atoms with E-state index in [0.29, 0.717) is 33.5 Å². The van der Waals surface area contributed by atoms with Gasteiger partial charge in [-0.2, -0.15) is 0 Å². The molecule has 1 saturated heterocycles. The van der Waals surface area contributed by atoms with Crippen LogP contribution in [0.5, 0.6) is 5.75 Å². The zero-order valence-electron chi connectivity index (χ0n) is 19.8. The van der Waals surface area contributed by atoms with Gasteiger partial charge in [0.05, 0.1) is 26.8 Å². The lowest BCUT2D eigenvalue weighted by Crippen LogP contribution is -2.29. The molecule has 3 aromatic carbocycles. The van der Waals surface area contributed by atoms with Crippen LogP contribution >= 0.6 is 11.3 Å². The third-order valence-corrected chi connectivity index (χ3v) is 7.60. The molecule has 1 fully saturated rings. The van der Waals surface area contributed by atoms with Gasteiger partial charge in [0, 0.05) is 24.1 Å². The van der Waals surface area contributed by atoms with Crippen molar-refractivity contribution < 1.29 is 28.7 Å². The summed E-state index contributed by atoms with van der Waals surface area (Å²) in [4.78, 5) is 43.0. The highest BCUT2D eigenvalue weighted by Crippen LogP contribution is 2.45. The number of Topliss-reactive ketones (excluding diaryl/α,β-unsaturated/α-hetero) is 1. The topological polar surface area (TPSA) is 123 Å². The molecule has 190 valence electrons. The highest BCUT2D eigenvalue weighted by atomic mass is 32.1. The zero-order valence-corrected chi connectivity index (χ0v) is 20.6. The Labute approximate surface area is 218 Å². The number of non-ortho nitro benzene ring substituents is 1. The Kier molecular flexibility index (Phi) is 5.46. The maximum Gasteiger partial charge on any atom is 0.301 e. The third kappa shape index (κ3) is 3.79. The van der Waals surface area contributed by atoms with Crippen LogP contribution in [0.1, 0.15) is 29.7 Å². The number of aromatic nitrogens is 1. The minimum Gasteiger partial charge on any atom is -0.507 e. The van der Waals surface area contributed by atoms with Crippen LogP contribution in [0.15, 0.2) is 66.2 Å². The molecular formula is C27H18FN3O6S. The number of carbonyl (C=O) groups is 2. The quantitative estimate of drug-likeness (QED) is 0.125. The lowest BCUT2D eigenvalue weighted by atomic mass is 9.94. The van der Waals surface area contributed by atoms with E-state index >= 15 is 0 Å². The van der Waals surface area contributed by atoms with Gasteiger partial charge in [-0.15, -0.1) is 0 Å². The highest BCUT2D eigenvalue weighted by molar-refractivity contribution is 7.22. The fourth-order valence-electron chi connectivity index (χ4n) is 4.84. The van der Waals surface area contributed by atoms with Crippen molar-refractivity contribution in [3.8, 4) is 5.75 Å². The summed E-state index contributed by atoms with van der Waals surface area (Å²) >= 11 is 1.02. The van der Waals surface area contributed by atoms with Crippen LogP contribution in [-0.4, -0.2) is 32.8 Å². The first-order chi connectivity index (χ1) is 18.2. The van der Waals surface area contributed by atoms with Crippen LogP contribution in [0.2, 0.25) is 0 Å². The maximum absolute atomic E-state index is 13.8. The minimum absolute atomic E-state index is 0.0306. The Bertz CT molecular complexity index is 1700. The Balaban J connectivity index is 1.53. The molecule has 0 bridgehead atoms. The van der Waals surface area contributed by atoms with Crippen molar-refractivity contribution in [3.05, 3.63) is 98.9 Å². The molecule has 1 amide bonds. The molecule has 11 heteroatoms. The van der Waals surface area contributed by atoms with Crippen molar-refractivity contribution in [1.29, 1.82) is 0 Å². The number of nitro benzene ring substituents is 1. The Morgan fingerprint density at radius 2 is 1.92 bits per heavy atom. The molecule has 38 heavy (non-hydrogen) atoms. The number of anilines is 1. The fraction of sp³-hybridized carbons (Fsp3) is 0.148. The average molecular weight is 532 g/mol. The van der Waals surface area contributed by atoms with Crippen molar-refractivity contribution >= 4 is 49.8 Å². The van der Waals surface area contributed by atoms with Crippen molar-refractivity contribution in [3.63, 3.8) is 0 Å². The van der Waals surface area contributed by atoms with E-state index in [4.69, 9.17) is 4.74 Å². The van der Waals surface area contributed by atoms with E-state index < -0.39 is 28.5 Å². The van der Waals surface area contributed by atoms with Crippen LogP contribution in [0.3, 0.4) is 0 Å². The van der Waals surface area contributed by atoms with Crippen molar-refractivity contribution in [1.82, 2.24) is 4.98 Å². The fourth-order valence-corrected chi connectivity index (χ4v) is 5.85. The number of thiazole rings is 1. The standard InChI is InChI=1S/C27H18FN3O6S/c1-13-10-16-11-15(4-9-20(16)37-13)24(32)22-23(14-2-6-18(7-3-14)31(35)36)30(26(34)25(22)33)27-29-19-8-5-17(28)12-21(19)38-27/h2-9,11-13,23,32H,10H2,1H3/b24-22+/t13-,23+/m1/s1. The number of nitrogens with zero attached hydrogens (tertiary/aromatic N) is 3. The van der Waals surface area contributed by atoms with E-state index in [1.165, 1.54) is 42.5 Å². The zero-order chi connectivity index (χ0) is 26.7. The van der Waals surface area contributed by atoms with Crippen LogP contribution < -0.4 is 9.64 Å². The van der Waals surface area contributed by atoms with Gasteiger partial charge in [0.25, 0.3) is 11.5 Å². The molecule has 0 aliphatic carbocycles. The SMILES string of the molecule is C[C@@H]1Cc2cc(/C(O)=C3\C(=O)C(=O)N(c4nc5ccc(F)cc5s4)[C@H]3c3ccc([N+](=O)[O-])cc3)ccc2O1. The first kappa shape index (κ1) is 23.7. The van der Waals surface area contributed by atoms with Crippen LogP contribution in [0, 0.1) is 15.9 Å². The second-order valence-corrected chi connectivity index (χ2v) is 10.1. The maximum atomic E-state index is 13.8. The molecule has 2 aliphatic rings. The second-order valence-electron chi connectivity index (χ2n) is 9.08. The number of ketones is 1. The monoisotopic (exact) mass is 531 g/mol. The molecule has 2 atom stereocenters. The minimum atomic E-state index is -1.12. The number of hydrogen-bond acceptors (Lipinski definition) is 8. The van der Waals surface area contributed by atoms with Gasteiger partial charge in [-0.3, -0.25) is 24.6 Å². The average Bonchev–Trinajstić information content (AvgIpc) is 3.55. The molecule has 0 saturated carbocycles. The summed E-state index contributed by atoms with van der Waals surface area (Å²) in [5.41, 5.74) is 1.63. The molecule has 2 aliphatic heterocycles. The lowest BCUT2D eigenvalue weighted by molar-refractivity contribution is -0.384. The number of aliphatic hydroxyl groups excluding tert-OH is 1. The number of rotatable bonds is 4. The Morgan fingerprint density at radius 1 is 1.16 bits per heavy atom. The van der Waals surface area contributed by atoms with E-state index in [-0.39, 0.29) is 28.3 Å². The number of fused-ring (bicyclic) bond motifs is 2. The van der Waals surface area contributed by atoms with Gasteiger partial charge in [-0.25, -0.2) is 9.37 Å². The van der Waals surface area contributed by atoms with E-state index in [1.807, 2.05) is 6.92 Å². The summed E-state index contributed by atoms with van der Waals surface area (Å²) in [6.07, 6.45) is 0.593. The van der Waals surface area contributed by atoms with Gasteiger partial charge < -0.3 is 9.84 Å². The number of nitro groups is 1. The van der Waals surface area contributed by atoms with E-state index in [2.05, 4.69) is 4.98 Å². The second kappa shape index (κ2) is 8.73. The molecule has 1 N–H and O–H groups in total. The summed E-state index contributed by atoms with van der Waals surface area (Å²) in [5, 5.41) is 22.7. The number of benzene rings is 3. The van der Waals surface area contributed by atoms with Crippen LogP contribution in [0.25, 0.3) is 16.0 Å². The Hall–Kier alpha value is -4.64. The van der Waals surface area contributed by atoms with Crippen LogP contribution in [0.4, 0.5) is 15.2 Å². The molecule has 9 nitrogen and oxygen atoms in total. The summed E-state index contributed by atoms with van der Waals surface area (Å²) in [5.74, 6) is -2.03. The summed E-state index contributed by atoms with van der Waals surface area (Å²) < 4.78 is 20.0. The summed E-state index contributed by atoms with van der Waals surface area (Å²) in [7, 11) is 0. The third-order valence-electron chi connectivity index (χ3n) is 6.58. The van der Waals surface area contributed by atoms with Crippen molar-refractivity contribution in [2.24, 2.45) is 0 Å². The lowest BCUT2D eigenvalue weighted by Gasteiger charge is -2.23. The van der Waals surface area contributed by atoms with Gasteiger partial charge in [0.2, 0.25) is 0 Å².